The lowest BCUT2D eigenvalue weighted by molar-refractivity contribution is -0.440. The fraction of sp³-hybridized carbons (Fsp3) is 0.947. The van der Waals surface area contributed by atoms with Gasteiger partial charge in [0.15, 0.2) is 0 Å². The molecule has 0 aromatic rings. The van der Waals surface area contributed by atoms with Gasteiger partial charge in [0.2, 0.25) is 5.91 Å². The van der Waals surface area contributed by atoms with E-state index in [1.807, 2.05) is 0 Å². The third-order valence-electron chi connectivity index (χ3n) is 5.74. The molecule has 0 fully saturated rings. The molecule has 0 spiro atoms. The highest BCUT2D eigenvalue weighted by molar-refractivity contribution is 7.64. The van der Waals surface area contributed by atoms with E-state index in [2.05, 4.69) is 0 Å². The maximum Gasteiger partial charge on any atom is 0.460 e. The van der Waals surface area contributed by atoms with Crippen molar-refractivity contribution in [1.82, 2.24) is 19.3 Å². The molecule has 1 atom stereocenters. The number of carbonyl (C=O) groups is 1. The van der Waals surface area contributed by atoms with Crippen LogP contribution in [0.2, 0.25) is 0 Å². The minimum Gasteiger partial charge on any atom is -0.395 e. The molecule has 0 saturated heterocycles. The molecule has 0 aliphatic carbocycles. The molecular weight excluding hydrogens is 610 g/mol. The summed E-state index contributed by atoms with van der Waals surface area (Å²) in [4.78, 5) is 12.6. The molecule has 0 rings (SSSR count). The Morgan fingerprint density at radius 2 is 1.10 bits per heavy atom. The number of carbonyl (C=O) groups excluding carboxylic acids is 1. The second-order valence-corrected chi connectivity index (χ2v) is 13.2. The molecule has 0 bridgehead atoms. The number of rotatable bonds is 15. The zero-order valence-corrected chi connectivity index (χ0v) is 23.2. The number of aliphatic hydroxyl groups is 1. The Morgan fingerprint density at radius 1 is 0.725 bits per heavy atom. The van der Waals surface area contributed by atoms with Crippen LogP contribution in [0.1, 0.15) is 13.3 Å². The van der Waals surface area contributed by atoms with Crippen molar-refractivity contribution >= 4 is 13.8 Å². The highest BCUT2D eigenvalue weighted by Gasteiger charge is 2.90. The lowest BCUT2D eigenvalue weighted by Gasteiger charge is -2.40. The Hall–Kier alpha value is -1.21. The van der Waals surface area contributed by atoms with Crippen molar-refractivity contribution in [2.75, 3.05) is 62.0 Å². The van der Waals surface area contributed by atoms with Gasteiger partial charge in [0, 0.05) is 55.3 Å². The number of hydrogen-bond donors (Lipinski definition) is 2. The molecule has 0 radical (unpaired) electrons. The van der Waals surface area contributed by atoms with Crippen molar-refractivity contribution < 1.29 is 71.5 Å². The van der Waals surface area contributed by atoms with Gasteiger partial charge in [-0.2, -0.15) is 61.6 Å². The van der Waals surface area contributed by atoms with Crippen LogP contribution in [-0.4, -0.2) is 123 Å². The summed E-state index contributed by atoms with van der Waals surface area (Å²) in [5.74, 6) is -38.9. The minimum atomic E-state index is -8.00. The summed E-state index contributed by atoms with van der Waals surface area (Å²) >= 11 is 0. The fourth-order valence-corrected chi connectivity index (χ4v) is 6.63. The Bertz CT molecular complexity index is 851. The maximum absolute atomic E-state index is 14.0. The second-order valence-electron chi connectivity index (χ2n) is 9.55. The quantitative estimate of drug-likeness (QED) is 0.201. The molecule has 0 aliphatic rings. The van der Waals surface area contributed by atoms with E-state index in [9.17, 15) is 67.0 Å². The lowest BCUT2D eigenvalue weighted by Crippen LogP contribution is -2.70. The topological polar surface area (TPSA) is 68.3 Å². The average molecular weight is 641 g/mol. The molecule has 21 heteroatoms. The predicted octanol–water partition coefficient (Wildman–Crippen LogP) is 4.61. The first kappa shape index (κ1) is 38.8. The van der Waals surface area contributed by atoms with Gasteiger partial charge in [0.25, 0.3) is 0 Å². The molecule has 0 aliphatic heterocycles. The summed E-state index contributed by atoms with van der Waals surface area (Å²) in [5, 5.41) is 11.3. The van der Waals surface area contributed by atoms with Gasteiger partial charge in [-0.15, -0.1) is 14.0 Å². The molecule has 0 aromatic carbocycles. The summed E-state index contributed by atoms with van der Waals surface area (Å²) in [6, 6.07) is 0. The number of nitrogens with one attached hydrogen (secondary N) is 1. The van der Waals surface area contributed by atoms with Crippen LogP contribution in [0.5, 0.6) is 0 Å². The number of alkyl halides is 13. The SMILES string of the molecule is CN(C)[P+](OCC(C)(CO)C(=O)NCCC(F)(F)C(F)(F)C(F)(F)C(F)(F)C(F)(F)C(F)(F)F)(N(C)C)N(C)C. The predicted molar refractivity (Wildman–Crippen MR) is 118 cm³/mol. The van der Waals surface area contributed by atoms with Gasteiger partial charge in [-0.25, -0.2) is 0 Å². The van der Waals surface area contributed by atoms with Crippen molar-refractivity contribution in [3.05, 3.63) is 0 Å². The van der Waals surface area contributed by atoms with E-state index < -0.39 is 81.2 Å². The number of hydrogen-bond acceptors (Lipinski definition) is 6. The van der Waals surface area contributed by atoms with E-state index in [0.29, 0.717) is 0 Å². The van der Waals surface area contributed by atoms with Crippen LogP contribution in [0.25, 0.3) is 0 Å². The Kier molecular flexibility index (Phi) is 11.8. The summed E-state index contributed by atoms with van der Waals surface area (Å²) < 4.78 is 183. The van der Waals surface area contributed by atoms with Gasteiger partial charge >= 0.3 is 43.7 Å². The van der Waals surface area contributed by atoms with E-state index in [1.165, 1.54) is 0 Å². The summed E-state index contributed by atoms with van der Waals surface area (Å²) in [5.41, 5.74) is -1.98. The number of aliphatic hydroxyl groups excluding tert-OH is 1. The van der Waals surface area contributed by atoms with Crippen molar-refractivity contribution in [2.45, 2.75) is 49.1 Å². The molecule has 240 valence electrons. The number of halogens is 13. The standard InChI is InChI=1S/C19H30F13N4O3P/c1-13(10-37,11-39-40(34(2)3,35(4)5)36(6)7)12(38)33-9-8-14(20,21)15(22,23)16(24,25)17(26,27)18(28,29)19(30,31)32/h37H,8-11H2,1-7H3/p+1. The van der Waals surface area contributed by atoms with Crippen LogP contribution in [0.3, 0.4) is 0 Å². The lowest BCUT2D eigenvalue weighted by atomic mass is 9.91. The molecular formula is C19H31F13N4O3P+. The molecule has 0 saturated carbocycles. The maximum atomic E-state index is 14.0. The molecule has 0 heterocycles. The Balaban J connectivity index is 5.85. The van der Waals surface area contributed by atoms with Crippen molar-refractivity contribution in [1.29, 1.82) is 0 Å². The first-order valence-electron chi connectivity index (χ1n) is 10.9. The van der Waals surface area contributed by atoms with Crippen LogP contribution in [0.4, 0.5) is 57.1 Å². The monoisotopic (exact) mass is 641 g/mol. The molecule has 2 N–H and O–H groups in total. The highest BCUT2D eigenvalue weighted by atomic mass is 31.2. The second kappa shape index (κ2) is 12.2. The van der Waals surface area contributed by atoms with Crippen LogP contribution in [0, 0.1) is 5.41 Å². The number of nitrogens with zero attached hydrogens (tertiary/aromatic N) is 3. The molecule has 0 aromatic heterocycles. The molecule has 7 nitrogen and oxygen atoms in total. The van der Waals surface area contributed by atoms with Crippen LogP contribution >= 0.6 is 7.94 Å². The van der Waals surface area contributed by atoms with Gasteiger partial charge in [0.1, 0.15) is 6.61 Å². The normalized spacial score (nSPS) is 16.6. The first-order valence-corrected chi connectivity index (χ1v) is 12.5. The molecule has 1 amide bonds. The fourth-order valence-electron chi connectivity index (χ4n) is 3.34. The smallest absolute Gasteiger partial charge is 0.395 e. The van der Waals surface area contributed by atoms with E-state index >= 15 is 0 Å². The van der Waals surface area contributed by atoms with E-state index in [4.69, 9.17) is 4.52 Å². The van der Waals surface area contributed by atoms with Crippen molar-refractivity contribution in [3.63, 3.8) is 0 Å². The van der Waals surface area contributed by atoms with Gasteiger partial charge < -0.3 is 10.4 Å². The molecule has 40 heavy (non-hydrogen) atoms. The average Bonchev–Trinajstić information content (AvgIpc) is 2.76. The zero-order chi connectivity index (χ0) is 32.6. The zero-order valence-electron chi connectivity index (χ0n) is 22.3. The third-order valence-corrected chi connectivity index (χ3v) is 9.34. The van der Waals surface area contributed by atoms with Gasteiger partial charge in [-0.3, -0.25) is 4.79 Å². The molecule has 1 unspecified atom stereocenters. The Morgan fingerprint density at radius 3 is 1.43 bits per heavy atom. The summed E-state index contributed by atoms with van der Waals surface area (Å²) in [6.45, 7) is -2.29. The first-order chi connectivity index (χ1) is 17.5. The van der Waals surface area contributed by atoms with E-state index in [1.54, 1.807) is 61.6 Å². The van der Waals surface area contributed by atoms with E-state index in [0.717, 1.165) is 6.92 Å². The highest BCUT2D eigenvalue weighted by Crippen LogP contribution is 2.65. The van der Waals surface area contributed by atoms with Crippen molar-refractivity contribution in [3.8, 4) is 0 Å². The van der Waals surface area contributed by atoms with Crippen LogP contribution < -0.4 is 5.32 Å². The third kappa shape index (κ3) is 6.55. The van der Waals surface area contributed by atoms with Crippen LogP contribution in [-0.2, 0) is 9.32 Å². The van der Waals surface area contributed by atoms with Gasteiger partial charge in [-0.05, 0) is 6.92 Å². The summed E-state index contributed by atoms with van der Waals surface area (Å²) in [7, 11) is 6.84. The van der Waals surface area contributed by atoms with E-state index in [-0.39, 0.29) is 0 Å². The van der Waals surface area contributed by atoms with Gasteiger partial charge in [-0.1, -0.05) is 0 Å². The number of amides is 1. The van der Waals surface area contributed by atoms with Gasteiger partial charge in [0.05, 0.1) is 12.0 Å². The van der Waals surface area contributed by atoms with Crippen molar-refractivity contribution in [2.24, 2.45) is 5.41 Å². The minimum absolute atomic E-state index is 0.624. The largest absolute Gasteiger partial charge is 0.460 e. The van der Waals surface area contributed by atoms with Crippen LogP contribution in [0.15, 0.2) is 0 Å². The summed E-state index contributed by atoms with van der Waals surface area (Å²) in [6.07, 6.45) is -10.1. The Labute approximate surface area is 222 Å².